The van der Waals surface area contributed by atoms with E-state index in [1.165, 1.54) is 32.1 Å². The van der Waals surface area contributed by atoms with Gasteiger partial charge >= 0.3 is 0 Å². The van der Waals surface area contributed by atoms with Gasteiger partial charge in [-0.15, -0.1) is 0 Å². The van der Waals surface area contributed by atoms with Gasteiger partial charge in [-0.05, 0) is 30.6 Å². The first-order chi connectivity index (χ1) is 5.91. The van der Waals surface area contributed by atoms with E-state index in [4.69, 9.17) is 15.7 Å². The Labute approximate surface area is 85.7 Å². The zero-order valence-corrected chi connectivity index (χ0v) is 9.27. The van der Waals surface area contributed by atoms with Crippen molar-refractivity contribution in [3.8, 4) is 0 Å². The average Bonchev–Trinajstić information content (AvgIpc) is 2.32. The predicted molar refractivity (Wildman–Crippen MR) is 60.2 cm³/mol. The second kappa shape index (κ2) is 3.71. The van der Waals surface area contributed by atoms with Crippen molar-refractivity contribution in [3.63, 3.8) is 0 Å². The van der Waals surface area contributed by atoms with Crippen LogP contribution in [0.4, 0.5) is 0 Å². The van der Waals surface area contributed by atoms with E-state index in [1.807, 2.05) is 6.92 Å². The molecule has 1 aliphatic rings. The summed E-state index contributed by atoms with van der Waals surface area (Å²) in [5.74, 6) is 0.804. The second-order valence-corrected chi connectivity index (χ2v) is 5.16. The van der Waals surface area contributed by atoms with Gasteiger partial charge in [0.05, 0.1) is 15.7 Å². The van der Waals surface area contributed by atoms with E-state index in [2.05, 4.69) is 13.8 Å². The summed E-state index contributed by atoms with van der Waals surface area (Å²) in [5, 5.41) is -0.492. The van der Waals surface area contributed by atoms with Gasteiger partial charge in [0.15, 0.2) is 0 Å². The van der Waals surface area contributed by atoms with Gasteiger partial charge in [0.1, 0.15) is 0 Å². The summed E-state index contributed by atoms with van der Waals surface area (Å²) in [6.07, 6.45) is 6.09. The normalized spacial score (nSPS) is 35.2. The Morgan fingerprint density at radius 3 is 2.38 bits per heavy atom. The molecule has 0 aromatic carbocycles. The highest BCUT2D eigenvalue weighted by Crippen LogP contribution is 2.56. The predicted octanol–water partition coefficient (Wildman–Crippen LogP) is 3.07. The van der Waals surface area contributed by atoms with Crippen LogP contribution in [0.5, 0.6) is 0 Å². The van der Waals surface area contributed by atoms with Crippen LogP contribution in [0.3, 0.4) is 0 Å². The molecule has 0 spiro atoms. The van der Waals surface area contributed by atoms with Crippen LogP contribution in [-0.2, 0) is 0 Å². The molecule has 2 atom stereocenters. The number of hydrogen-bond acceptors (Lipinski definition) is 0. The maximum atomic E-state index is 6.10. The Bertz CT molecular complexity index is 167. The van der Waals surface area contributed by atoms with Crippen molar-refractivity contribution in [2.45, 2.75) is 58.1 Å². The Morgan fingerprint density at radius 1 is 1.46 bits per heavy atom. The molecule has 0 aromatic heterocycles. The largest absolute Gasteiger partial charge is 0.0963 e. The van der Waals surface area contributed by atoms with Gasteiger partial charge in [-0.2, -0.15) is 0 Å². The van der Waals surface area contributed by atoms with Gasteiger partial charge < -0.3 is 0 Å². The first kappa shape index (κ1) is 11.2. The highest BCUT2D eigenvalue weighted by Gasteiger charge is 2.44. The second-order valence-electron chi connectivity index (χ2n) is 5.16. The lowest BCUT2D eigenvalue weighted by Gasteiger charge is -2.43. The Morgan fingerprint density at radius 2 is 2.08 bits per heavy atom. The van der Waals surface area contributed by atoms with Crippen LogP contribution in [0.25, 0.3) is 0 Å². The van der Waals surface area contributed by atoms with Crippen LogP contribution in [-0.4, -0.2) is 15.7 Å². The van der Waals surface area contributed by atoms with Crippen LogP contribution in [0, 0.1) is 11.3 Å². The van der Waals surface area contributed by atoms with E-state index in [1.54, 1.807) is 0 Å². The molecule has 0 aliphatic heterocycles. The van der Waals surface area contributed by atoms with E-state index in [-0.39, 0.29) is 5.41 Å². The van der Waals surface area contributed by atoms with Crippen molar-refractivity contribution in [3.05, 3.63) is 0 Å². The topological polar surface area (TPSA) is 0 Å². The molecule has 70 valence electrons. The molecule has 4 radical (unpaired) electrons. The summed E-state index contributed by atoms with van der Waals surface area (Å²) in [5.41, 5.74) is 0.209. The summed E-state index contributed by atoms with van der Waals surface area (Å²) in [4.78, 5) is 0. The highest BCUT2D eigenvalue weighted by molar-refractivity contribution is 6.40. The third-order valence-corrected chi connectivity index (χ3v) is 3.73. The molecule has 1 fully saturated rings. The molecular weight excluding hydrogens is 154 g/mol. The van der Waals surface area contributed by atoms with Gasteiger partial charge in [-0.25, -0.2) is 0 Å². The quantitative estimate of drug-likeness (QED) is 0.576. The lowest BCUT2D eigenvalue weighted by atomic mass is 9.41. The van der Waals surface area contributed by atoms with E-state index in [9.17, 15) is 0 Å². The highest BCUT2D eigenvalue weighted by atomic mass is 14.5. The molecule has 1 rings (SSSR count). The van der Waals surface area contributed by atoms with Crippen molar-refractivity contribution < 1.29 is 0 Å². The monoisotopic (exact) mass is 174 g/mol. The lowest BCUT2D eigenvalue weighted by molar-refractivity contribution is 0.225. The summed E-state index contributed by atoms with van der Waals surface area (Å²) >= 11 is 0. The molecule has 1 saturated carbocycles. The third kappa shape index (κ3) is 2.14. The van der Waals surface area contributed by atoms with Gasteiger partial charge in [0.2, 0.25) is 0 Å². The van der Waals surface area contributed by atoms with Crippen LogP contribution in [0.1, 0.15) is 52.9 Å². The van der Waals surface area contributed by atoms with E-state index < -0.39 is 5.21 Å². The Hall–Kier alpha value is 0.130. The number of rotatable bonds is 3. The van der Waals surface area contributed by atoms with Crippen LogP contribution in [0.2, 0.25) is 5.21 Å². The third-order valence-electron chi connectivity index (χ3n) is 3.73. The van der Waals surface area contributed by atoms with E-state index >= 15 is 0 Å². The van der Waals surface area contributed by atoms with Crippen molar-refractivity contribution in [1.29, 1.82) is 0 Å². The summed E-state index contributed by atoms with van der Waals surface area (Å²) in [6, 6.07) is 0. The molecule has 0 N–H and O–H groups in total. The summed E-state index contributed by atoms with van der Waals surface area (Å²) < 4.78 is 0. The molecule has 0 heterocycles. The summed E-state index contributed by atoms with van der Waals surface area (Å²) in [6.45, 7) is 6.51. The molecule has 0 saturated heterocycles. The molecular formula is C11H20B2. The van der Waals surface area contributed by atoms with Gasteiger partial charge in [0.25, 0.3) is 0 Å². The molecule has 0 amide bonds. The minimum atomic E-state index is -0.492. The maximum Gasteiger partial charge on any atom is 0.0624 e. The molecule has 0 nitrogen and oxygen atoms in total. The molecule has 0 aromatic rings. The van der Waals surface area contributed by atoms with Crippen LogP contribution < -0.4 is 0 Å². The van der Waals surface area contributed by atoms with Crippen molar-refractivity contribution >= 4 is 15.7 Å². The van der Waals surface area contributed by atoms with Gasteiger partial charge in [-0.1, -0.05) is 38.8 Å². The van der Waals surface area contributed by atoms with Crippen LogP contribution in [0.15, 0.2) is 0 Å². The summed E-state index contributed by atoms with van der Waals surface area (Å²) in [7, 11) is 12.2. The van der Waals surface area contributed by atoms with Crippen molar-refractivity contribution in [2.24, 2.45) is 11.3 Å². The molecule has 2 unspecified atom stereocenters. The Balaban J connectivity index is 2.77. The Kier molecular flexibility index (Phi) is 3.20. The van der Waals surface area contributed by atoms with Crippen molar-refractivity contribution in [1.82, 2.24) is 0 Å². The zero-order chi connectivity index (χ0) is 10.1. The first-order valence-electron chi connectivity index (χ1n) is 5.49. The fourth-order valence-corrected chi connectivity index (χ4v) is 2.86. The molecule has 0 bridgehead atoms. The zero-order valence-electron chi connectivity index (χ0n) is 9.27. The first-order valence-corrected chi connectivity index (χ1v) is 5.49. The fourth-order valence-electron chi connectivity index (χ4n) is 2.86. The van der Waals surface area contributed by atoms with Crippen LogP contribution >= 0.6 is 0 Å². The average molecular weight is 174 g/mol. The minimum absolute atomic E-state index is 0.209. The smallest absolute Gasteiger partial charge is 0.0624 e. The van der Waals surface area contributed by atoms with E-state index in [0.29, 0.717) is 0 Å². The SMILES string of the molecule is [B]C([B])(C)C1(CCC)CCC(C)C1. The van der Waals surface area contributed by atoms with Crippen molar-refractivity contribution in [2.75, 3.05) is 0 Å². The molecule has 1 aliphatic carbocycles. The van der Waals surface area contributed by atoms with Gasteiger partial charge in [0, 0.05) is 0 Å². The standard InChI is InChI=1S/C11H20B2/c1-4-6-11(10(3,12)13)7-5-9(2)8-11/h9H,4-8H2,1-3H3. The fraction of sp³-hybridized carbons (Fsp3) is 1.00. The van der Waals surface area contributed by atoms with E-state index in [0.717, 1.165) is 5.92 Å². The van der Waals surface area contributed by atoms with Gasteiger partial charge in [-0.3, -0.25) is 0 Å². The number of hydrogen-bond donors (Lipinski definition) is 0. The lowest BCUT2D eigenvalue weighted by Crippen LogP contribution is -2.33. The molecule has 2 heteroatoms. The minimum Gasteiger partial charge on any atom is -0.0963 e. The maximum absolute atomic E-state index is 6.10. The molecule has 13 heavy (non-hydrogen) atoms.